The molecule has 0 atom stereocenters. The van der Waals surface area contributed by atoms with Crippen molar-refractivity contribution in [3.63, 3.8) is 0 Å². The third kappa shape index (κ3) is 0.661. The van der Waals surface area contributed by atoms with Crippen LogP contribution in [0, 0.1) is 0 Å². The first-order valence-corrected chi connectivity index (χ1v) is 2.60. The zero-order valence-electron chi connectivity index (χ0n) is 4.70. The van der Waals surface area contributed by atoms with Crippen LogP contribution in [0.2, 0.25) is 0 Å². The molecular formula is C6H7FO. The molecule has 1 aliphatic rings. The van der Waals surface area contributed by atoms with E-state index < -0.39 is 5.83 Å². The van der Waals surface area contributed by atoms with E-state index >= 15 is 0 Å². The third-order valence-corrected chi connectivity index (χ3v) is 1.35. The second kappa shape index (κ2) is 1.69. The van der Waals surface area contributed by atoms with Crippen LogP contribution in [0.4, 0.5) is 4.39 Å². The quantitative estimate of drug-likeness (QED) is 0.467. The topological polar surface area (TPSA) is 17.1 Å². The van der Waals surface area contributed by atoms with E-state index in [9.17, 15) is 9.18 Å². The van der Waals surface area contributed by atoms with E-state index in [1.807, 2.05) is 0 Å². The van der Waals surface area contributed by atoms with Gasteiger partial charge < -0.3 is 0 Å². The molecule has 0 spiro atoms. The summed E-state index contributed by atoms with van der Waals surface area (Å²) in [5.41, 5.74) is 0.606. The standard InChI is InChI=1S/C6H7FO/c1-4-2-3-5(8)6(4)7/h2-3H2,1H3. The van der Waals surface area contributed by atoms with E-state index in [0.29, 0.717) is 18.4 Å². The number of allylic oxidation sites excluding steroid dienone is 2. The van der Waals surface area contributed by atoms with E-state index in [-0.39, 0.29) is 5.78 Å². The summed E-state index contributed by atoms with van der Waals surface area (Å²) < 4.78 is 12.2. The molecule has 1 nitrogen and oxygen atoms in total. The Morgan fingerprint density at radius 3 is 2.25 bits per heavy atom. The van der Waals surface area contributed by atoms with Crippen molar-refractivity contribution in [2.24, 2.45) is 0 Å². The van der Waals surface area contributed by atoms with Crippen molar-refractivity contribution in [3.8, 4) is 0 Å². The van der Waals surface area contributed by atoms with Crippen molar-refractivity contribution in [2.75, 3.05) is 0 Å². The molecule has 1 rings (SSSR count). The molecule has 1 aliphatic carbocycles. The Bertz CT molecular complexity index is 158. The van der Waals surface area contributed by atoms with Crippen molar-refractivity contribution >= 4 is 5.78 Å². The van der Waals surface area contributed by atoms with Gasteiger partial charge >= 0.3 is 0 Å². The highest BCUT2D eigenvalue weighted by atomic mass is 19.1. The Kier molecular flexibility index (Phi) is 1.16. The predicted molar refractivity (Wildman–Crippen MR) is 28.0 cm³/mol. The summed E-state index contributed by atoms with van der Waals surface area (Å²) in [7, 11) is 0. The summed E-state index contributed by atoms with van der Waals surface area (Å²) in [6, 6.07) is 0. The van der Waals surface area contributed by atoms with Crippen molar-refractivity contribution in [3.05, 3.63) is 11.4 Å². The summed E-state index contributed by atoms with van der Waals surface area (Å²) in [5, 5.41) is 0. The molecule has 0 aromatic rings. The second-order valence-electron chi connectivity index (χ2n) is 2.02. The molecule has 0 aromatic heterocycles. The van der Waals surface area contributed by atoms with Gasteiger partial charge in [0.2, 0.25) is 0 Å². The Hall–Kier alpha value is -0.660. The molecule has 0 amide bonds. The Labute approximate surface area is 47.2 Å². The fourth-order valence-corrected chi connectivity index (χ4v) is 0.759. The van der Waals surface area contributed by atoms with E-state index in [1.165, 1.54) is 0 Å². The second-order valence-corrected chi connectivity index (χ2v) is 2.02. The molecule has 0 fully saturated rings. The van der Waals surface area contributed by atoms with Crippen LogP contribution in [-0.2, 0) is 4.79 Å². The molecular weight excluding hydrogens is 107 g/mol. The van der Waals surface area contributed by atoms with Crippen LogP contribution in [0.15, 0.2) is 11.4 Å². The maximum Gasteiger partial charge on any atom is 0.191 e. The van der Waals surface area contributed by atoms with Crippen LogP contribution in [0.25, 0.3) is 0 Å². The summed E-state index contributed by atoms with van der Waals surface area (Å²) in [6.45, 7) is 1.65. The van der Waals surface area contributed by atoms with Gasteiger partial charge in [0.25, 0.3) is 0 Å². The van der Waals surface area contributed by atoms with Crippen LogP contribution in [0.3, 0.4) is 0 Å². The minimum Gasteiger partial charge on any atom is -0.292 e. The summed E-state index contributed by atoms with van der Waals surface area (Å²) in [5.74, 6) is -0.840. The van der Waals surface area contributed by atoms with E-state index in [2.05, 4.69) is 0 Å². The van der Waals surface area contributed by atoms with Gasteiger partial charge in [-0.25, -0.2) is 4.39 Å². The summed E-state index contributed by atoms with van der Waals surface area (Å²) >= 11 is 0. The van der Waals surface area contributed by atoms with Crippen molar-refractivity contribution < 1.29 is 9.18 Å². The normalized spacial score (nSPS) is 20.5. The van der Waals surface area contributed by atoms with Gasteiger partial charge in [-0.15, -0.1) is 0 Å². The van der Waals surface area contributed by atoms with Crippen molar-refractivity contribution in [1.82, 2.24) is 0 Å². The fourth-order valence-electron chi connectivity index (χ4n) is 0.759. The van der Waals surface area contributed by atoms with Gasteiger partial charge in [0.1, 0.15) is 0 Å². The lowest BCUT2D eigenvalue weighted by Gasteiger charge is -1.81. The van der Waals surface area contributed by atoms with Crippen LogP contribution in [0.5, 0.6) is 0 Å². The van der Waals surface area contributed by atoms with Crippen LogP contribution in [0.1, 0.15) is 19.8 Å². The highest BCUT2D eigenvalue weighted by Crippen LogP contribution is 2.22. The SMILES string of the molecule is CC1=C(F)C(=O)CC1. The van der Waals surface area contributed by atoms with Gasteiger partial charge in [-0.3, -0.25) is 4.79 Å². The average Bonchev–Trinajstić information content (AvgIpc) is 1.98. The minimum atomic E-state index is -0.509. The number of ketones is 1. The average molecular weight is 114 g/mol. The molecule has 0 saturated carbocycles. The smallest absolute Gasteiger partial charge is 0.191 e. The molecule has 0 aliphatic heterocycles. The molecule has 0 bridgehead atoms. The van der Waals surface area contributed by atoms with Gasteiger partial charge in [-0.2, -0.15) is 0 Å². The molecule has 0 radical (unpaired) electrons. The largest absolute Gasteiger partial charge is 0.292 e. The van der Waals surface area contributed by atoms with E-state index in [4.69, 9.17) is 0 Å². The first-order valence-electron chi connectivity index (χ1n) is 2.60. The molecule has 0 unspecified atom stereocenters. The lowest BCUT2D eigenvalue weighted by molar-refractivity contribution is -0.116. The van der Waals surface area contributed by atoms with Crippen LogP contribution in [-0.4, -0.2) is 5.78 Å². The van der Waals surface area contributed by atoms with Crippen molar-refractivity contribution in [1.29, 1.82) is 0 Å². The lowest BCUT2D eigenvalue weighted by atomic mass is 10.3. The van der Waals surface area contributed by atoms with Gasteiger partial charge in [0, 0.05) is 6.42 Å². The monoisotopic (exact) mass is 114 g/mol. The van der Waals surface area contributed by atoms with Gasteiger partial charge in [-0.05, 0) is 18.9 Å². The maximum absolute atomic E-state index is 12.2. The number of carbonyl (C=O) groups excluding carboxylic acids is 1. The van der Waals surface area contributed by atoms with E-state index in [1.54, 1.807) is 6.92 Å². The predicted octanol–water partition coefficient (Wildman–Crippen LogP) is 1.59. The first kappa shape index (κ1) is 5.48. The molecule has 44 valence electrons. The van der Waals surface area contributed by atoms with Gasteiger partial charge in [0.05, 0.1) is 0 Å². The number of Topliss-reactive ketones (excluding diaryl/α,β-unsaturated/α-hetero) is 1. The van der Waals surface area contributed by atoms with Crippen LogP contribution < -0.4 is 0 Å². The number of carbonyl (C=O) groups is 1. The third-order valence-electron chi connectivity index (χ3n) is 1.35. The Morgan fingerprint density at radius 1 is 1.50 bits per heavy atom. The van der Waals surface area contributed by atoms with Gasteiger partial charge in [0.15, 0.2) is 11.6 Å². The maximum atomic E-state index is 12.2. The molecule has 0 N–H and O–H groups in total. The zero-order valence-corrected chi connectivity index (χ0v) is 4.70. The highest BCUT2D eigenvalue weighted by Gasteiger charge is 2.18. The highest BCUT2D eigenvalue weighted by molar-refractivity contribution is 5.96. The molecule has 0 saturated heterocycles. The molecule has 2 heteroatoms. The van der Waals surface area contributed by atoms with Crippen molar-refractivity contribution in [2.45, 2.75) is 19.8 Å². The zero-order chi connectivity index (χ0) is 6.15. The van der Waals surface area contributed by atoms with Crippen LogP contribution >= 0.6 is 0 Å². The van der Waals surface area contributed by atoms with Gasteiger partial charge in [-0.1, -0.05) is 0 Å². The molecule has 0 aromatic carbocycles. The Morgan fingerprint density at radius 2 is 2.12 bits per heavy atom. The first-order chi connectivity index (χ1) is 3.72. The molecule has 0 heterocycles. The fraction of sp³-hybridized carbons (Fsp3) is 0.500. The number of hydrogen-bond donors (Lipinski definition) is 0. The number of hydrogen-bond acceptors (Lipinski definition) is 1. The molecule has 8 heavy (non-hydrogen) atoms. The number of rotatable bonds is 0. The summed E-state index contributed by atoms with van der Waals surface area (Å²) in [4.78, 5) is 10.4. The minimum absolute atomic E-state index is 0.331. The Balaban J connectivity index is 2.86. The summed E-state index contributed by atoms with van der Waals surface area (Å²) in [6.07, 6.45) is 0.988. The van der Waals surface area contributed by atoms with E-state index in [0.717, 1.165) is 0 Å². The lowest BCUT2D eigenvalue weighted by Crippen LogP contribution is -1.87. The number of halogens is 1.